The molecule has 1 rings (SSSR count). The van der Waals surface area contributed by atoms with Crippen molar-refractivity contribution in [1.82, 2.24) is 4.98 Å². The van der Waals surface area contributed by atoms with Crippen LogP contribution in [-0.2, 0) is 0 Å². The highest BCUT2D eigenvalue weighted by Crippen LogP contribution is 2.03. The lowest BCUT2D eigenvalue weighted by Crippen LogP contribution is -1.73. The maximum atomic E-state index is 4.09. The molecule has 0 aliphatic heterocycles. The second-order valence-electron chi connectivity index (χ2n) is 1.72. The summed E-state index contributed by atoms with van der Waals surface area (Å²) < 4.78 is 0. The highest BCUT2D eigenvalue weighted by molar-refractivity contribution is 14.1. The number of nitrogens with zero attached hydrogens (tertiary/aromatic N) is 1. The Morgan fingerprint density at radius 3 is 2.30 bits per heavy atom. The molecular weight excluding hydrogens is 257 g/mol. The first-order valence-corrected chi connectivity index (χ1v) is 5.38. The Kier molecular flexibility index (Phi) is 6.11. The number of hydrogen-bond acceptors (Lipinski definition) is 2. The monoisotopic (exact) mass is 267 g/mol. The largest absolute Gasteiger partial charge is 0.263 e. The minimum atomic E-state index is 0.921. The summed E-state index contributed by atoms with van der Waals surface area (Å²) >= 11 is 6.24. The van der Waals surface area contributed by atoms with Crippen LogP contribution in [0.25, 0.3) is 0 Å². The highest BCUT2D eigenvalue weighted by Gasteiger charge is 1.82. The van der Waals surface area contributed by atoms with Gasteiger partial charge in [-0.15, -0.1) is 12.6 Å². The van der Waals surface area contributed by atoms with E-state index in [1.54, 1.807) is 12.4 Å². The Morgan fingerprint density at radius 2 is 2.00 bits per heavy atom. The number of aryl methyl sites for hydroxylation is 1. The average Bonchev–Trinajstić information content (AvgIpc) is 1.91. The lowest BCUT2D eigenvalue weighted by molar-refractivity contribution is 1.19. The molecule has 1 nitrogen and oxygen atoms in total. The van der Waals surface area contributed by atoms with Crippen molar-refractivity contribution in [2.45, 2.75) is 11.8 Å². The van der Waals surface area contributed by atoms with Gasteiger partial charge in [-0.1, -0.05) is 22.6 Å². The van der Waals surface area contributed by atoms with Gasteiger partial charge in [0.25, 0.3) is 0 Å². The predicted octanol–water partition coefficient (Wildman–Crippen LogP) is 2.73. The van der Waals surface area contributed by atoms with Gasteiger partial charge in [-0.25, -0.2) is 0 Å². The van der Waals surface area contributed by atoms with Gasteiger partial charge in [0.1, 0.15) is 0 Å². The summed E-state index contributed by atoms with van der Waals surface area (Å²) in [6.07, 6.45) is 3.52. The number of hydrogen-bond donors (Lipinski definition) is 1. The van der Waals surface area contributed by atoms with Crippen molar-refractivity contribution in [1.29, 1.82) is 0 Å². The van der Waals surface area contributed by atoms with Crippen LogP contribution in [0, 0.1) is 6.92 Å². The zero-order valence-corrected chi connectivity index (χ0v) is 9.06. The van der Waals surface area contributed by atoms with Gasteiger partial charge in [-0.05, 0) is 23.5 Å². The third-order valence-corrected chi connectivity index (χ3v) is 1.11. The molecular formula is C7H10INS. The molecule has 0 spiro atoms. The first-order valence-electron chi connectivity index (χ1n) is 2.77. The van der Waals surface area contributed by atoms with E-state index >= 15 is 0 Å². The van der Waals surface area contributed by atoms with Crippen molar-refractivity contribution in [3.05, 3.63) is 24.0 Å². The summed E-state index contributed by atoms with van der Waals surface area (Å²) in [5, 5.41) is 0. The van der Waals surface area contributed by atoms with Gasteiger partial charge in [0, 0.05) is 17.3 Å². The Bertz CT molecular complexity index is 173. The normalized spacial score (nSPS) is 8.00. The fourth-order valence-corrected chi connectivity index (χ4v) is 0.809. The van der Waals surface area contributed by atoms with E-state index in [1.165, 1.54) is 0 Å². The van der Waals surface area contributed by atoms with E-state index in [0.29, 0.717) is 0 Å². The number of aromatic nitrogens is 1. The molecule has 0 bridgehead atoms. The van der Waals surface area contributed by atoms with Crippen molar-refractivity contribution < 1.29 is 0 Å². The van der Waals surface area contributed by atoms with Gasteiger partial charge in [0.15, 0.2) is 0 Å². The molecule has 1 heterocycles. The number of rotatable bonds is 0. The lowest BCUT2D eigenvalue weighted by atomic mass is 10.3. The molecule has 0 unspecified atom stereocenters. The van der Waals surface area contributed by atoms with Crippen LogP contribution >= 0.6 is 35.2 Å². The number of pyridine rings is 1. The maximum absolute atomic E-state index is 4.09. The van der Waals surface area contributed by atoms with Crippen LogP contribution in [0.4, 0.5) is 0 Å². The van der Waals surface area contributed by atoms with E-state index in [-0.39, 0.29) is 0 Å². The van der Waals surface area contributed by atoms with Crippen molar-refractivity contribution in [2.75, 3.05) is 4.93 Å². The van der Waals surface area contributed by atoms with Crippen LogP contribution in [0.5, 0.6) is 0 Å². The van der Waals surface area contributed by atoms with E-state index in [2.05, 4.69) is 40.2 Å². The van der Waals surface area contributed by atoms with Crippen LogP contribution in [0.3, 0.4) is 0 Å². The zero-order chi connectivity index (χ0) is 7.98. The molecule has 0 aromatic carbocycles. The summed E-state index contributed by atoms with van der Waals surface area (Å²) in [6, 6.07) is 1.97. The molecule has 10 heavy (non-hydrogen) atoms. The van der Waals surface area contributed by atoms with Crippen molar-refractivity contribution in [3.63, 3.8) is 0 Å². The second kappa shape index (κ2) is 5.97. The molecule has 0 aliphatic rings. The quantitative estimate of drug-likeness (QED) is 0.433. The Balaban J connectivity index is 0.000000371. The van der Waals surface area contributed by atoms with E-state index in [4.69, 9.17) is 0 Å². The molecule has 1 aromatic heterocycles. The minimum Gasteiger partial charge on any atom is -0.263 e. The van der Waals surface area contributed by atoms with Gasteiger partial charge in [0.05, 0.1) is 0 Å². The summed E-state index contributed by atoms with van der Waals surface area (Å²) in [5.74, 6) is 0. The summed E-state index contributed by atoms with van der Waals surface area (Å²) in [5.41, 5.74) is 1.15. The Labute approximate surface area is 80.8 Å². The zero-order valence-electron chi connectivity index (χ0n) is 6.00. The summed E-state index contributed by atoms with van der Waals surface area (Å²) in [4.78, 5) is 6.80. The Morgan fingerprint density at radius 1 is 1.40 bits per heavy atom. The minimum absolute atomic E-state index is 0.921. The topological polar surface area (TPSA) is 12.9 Å². The van der Waals surface area contributed by atoms with Crippen LogP contribution in [-0.4, -0.2) is 9.91 Å². The fourth-order valence-electron chi connectivity index (χ4n) is 0.539. The fraction of sp³-hybridized carbons (Fsp3) is 0.286. The van der Waals surface area contributed by atoms with Crippen LogP contribution in [0.15, 0.2) is 23.4 Å². The van der Waals surface area contributed by atoms with Crippen molar-refractivity contribution >= 4 is 35.2 Å². The number of alkyl halides is 1. The molecule has 56 valence electrons. The first kappa shape index (κ1) is 10.2. The number of halogens is 1. The summed E-state index contributed by atoms with van der Waals surface area (Å²) in [7, 11) is 0. The van der Waals surface area contributed by atoms with Gasteiger partial charge in [-0.3, -0.25) is 4.98 Å². The molecule has 0 saturated carbocycles. The van der Waals surface area contributed by atoms with Gasteiger partial charge in [-0.2, -0.15) is 0 Å². The smallest absolute Gasteiger partial charge is 0.0401 e. The first-order chi connectivity index (χ1) is 4.79. The standard InChI is InChI=1S/C6H7NS.CH3I/c1-5-2-6(8)4-7-3-5;1-2/h2-4,8H,1H3;1H3. The van der Waals surface area contributed by atoms with E-state index < -0.39 is 0 Å². The molecule has 0 aliphatic carbocycles. The number of thiol groups is 1. The van der Waals surface area contributed by atoms with E-state index in [0.717, 1.165) is 10.5 Å². The molecule has 0 amide bonds. The van der Waals surface area contributed by atoms with Crippen molar-refractivity contribution in [3.8, 4) is 0 Å². The van der Waals surface area contributed by atoms with Gasteiger partial charge < -0.3 is 0 Å². The SMILES string of the molecule is CI.Cc1cncc(S)c1. The third kappa shape index (κ3) is 4.11. The lowest BCUT2D eigenvalue weighted by Gasteiger charge is -1.89. The van der Waals surface area contributed by atoms with Crippen LogP contribution in [0.2, 0.25) is 0 Å². The van der Waals surface area contributed by atoms with Crippen LogP contribution < -0.4 is 0 Å². The van der Waals surface area contributed by atoms with Crippen LogP contribution in [0.1, 0.15) is 5.56 Å². The van der Waals surface area contributed by atoms with Gasteiger partial charge in [0.2, 0.25) is 0 Å². The van der Waals surface area contributed by atoms with Crippen molar-refractivity contribution in [2.24, 2.45) is 0 Å². The molecule has 0 radical (unpaired) electrons. The Hall–Kier alpha value is 0.230. The average molecular weight is 267 g/mol. The predicted molar refractivity (Wildman–Crippen MR) is 56.2 cm³/mol. The molecule has 3 heteroatoms. The van der Waals surface area contributed by atoms with E-state index in [9.17, 15) is 0 Å². The third-order valence-electron chi connectivity index (χ3n) is 0.861. The maximum Gasteiger partial charge on any atom is 0.0401 e. The van der Waals surface area contributed by atoms with E-state index in [1.807, 2.05) is 17.9 Å². The molecule has 1 aromatic rings. The summed E-state index contributed by atoms with van der Waals surface area (Å²) in [6.45, 7) is 1.99. The van der Waals surface area contributed by atoms with Gasteiger partial charge >= 0.3 is 0 Å². The second-order valence-corrected chi connectivity index (χ2v) is 2.24. The molecule has 0 fully saturated rings. The molecule has 0 N–H and O–H groups in total. The highest BCUT2D eigenvalue weighted by atomic mass is 127. The molecule has 0 atom stereocenters. The molecule has 0 saturated heterocycles.